The summed E-state index contributed by atoms with van der Waals surface area (Å²) in [7, 11) is 1.64. The van der Waals surface area contributed by atoms with Gasteiger partial charge in [0, 0.05) is 26.2 Å². The van der Waals surface area contributed by atoms with Gasteiger partial charge in [0.05, 0.1) is 11.6 Å². The molecule has 0 spiro atoms. The minimum atomic E-state index is 0.0794. The van der Waals surface area contributed by atoms with Gasteiger partial charge in [0.2, 0.25) is 5.91 Å². The first-order valence-corrected chi connectivity index (χ1v) is 8.49. The lowest BCUT2D eigenvalue weighted by molar-refractivity contribution is -0.121. The lowest BCUT2D eigenvalue weighted by Crippen LogP contribution is -2.25. The van der Waals surface area contributed by atoms with Crippen molar-refractivity contribution in [2.45, 2.75) is 33.1 Å². The smallest absolute Gasteiger partial charge is 0.220 e. The number of halogens is 1. The van der Waals surface area contributed by atoms with Crippen LogP contribution in [0.15, 0.2) is 22.7 Å². The predicted octanol–water partition coefficient (Wildman–Crippen LogP) is 3.57. The Bertz CT molecular complexity index is 463. The summed E-state index contributed by atoms with van der Waals surface area (Å²) in [6, 6.07) is 5.88. The molecule has 1 rings (SSSR count). The molecule has 0 heterocycles. The molecule has 0 bridgehead atoms. The normalized spacial score (nSPS) is 10.8. The van der Waals surface area contributed by atoms with Crippen molar-refractivity contribution in [3.8, 4) is 5.75 Å². The largest absolute Gasteiger partial charge is 0.496 e. The van der Waals surface area contributed by atoms with Gasteiger partial charge in [0.15, 0.2) is 0 Å². The van der Waals surface area contributed by atoms with E-state index >= 15 is 0 Å². The zero-order valence-corrected chi connectivity index (χ0v) is 15.2. The molecule has 0 atom stereocenters. The third kappa shape index (κ3) is 7.80. The molecule has 1 aromatic carbocycles. The van der Waals surface area contributed by atoms with Crippen molar-refractivity contribution in [3.63, 3.8) is 0 Å². The molecule has 0 fully saturated rings. The maximum Gasteiger partial charge on any atom is 0.220 e. The summed E-state index contributed by atoms with van der Waals surface area (Å²) >= 11 is 3.45. The van der Waals surface area contributed by atoms with Crippen LogP contribution < -0.4 is 10.1 Å². The molecule has 0 aromatic heterocycles. The molecule has 0 aliphatic heterocycles. The Morgan fingerprint density at radius 3 is 2.77 bits per heavy atom. The molecular formula is C17H26BrNO3. The van der Waals surface area contributed by atoms with Gasteiger partial charge in [-0.15, -0.1) is 0 Å². The highest BCUT2D eigenvalue weighted by Gasteiger charge is 2.05. The molecule has 1 amide bonds. The second kappa shape index (κ2) is 10.6. The highest BCUT2D eigenvalue weighted by molar-refractivity contribution is 9.10. The molecule has 0 aliphatic carbocycles. The number of hydrogen-bond acceptors (Lipinski definition) is 3. The highest BCUT2D eigenvalue weighted by Crippen LogP contribution is 2.25. The molecule has 4 nitrogen and oxygen atoms in total. The summed E-state index contributed by atoms with van der Waals surface area (Å²) in [6.45, 7) is 6.39. The lowest BCUT2D eigenvalue weighted by Gasteiger charge is -2.08. The molecular weight excluding hydrogens is 346 g/mol. The fourth-order valence-electron chi connectivity index (χ4n) is 1.93. The summed E-state index contributed by atoms with van der Waals surface area (Å²) in [5.41, 5.74) is 1.11. The number of carbonyl (C=O) groups excluding carboxylic acids is 1. The molecule has 124 valence electrons. The predicted molar refractivity (Wildman–Crippen MR) is 92.3 cm³/mol. The molecule has 0 saturated heterocycles. The van der Waals surface area contributed by atoms with Crippen LogP contribution in [0.3, 0.4) is 0 Å². The van der Waals surface area contributed by atoms with Crippen molar-refractivity contribution in [1.29, 1.82) is 0 Å². The van der Waals surface area contributed by atoms with Crippen LogP contribution in [0.5, 0.6) is 5.75 Å². The molecule has 0 saturated carbocycles. The average molecular weight is 372 g/mol. The van der Waals surface area contributed by atoms with Crippen molar-refractivity contribution >= 4 is 21.8 Å². The standard InChI is InChI=1S/C17H26BrNO3/c1-13(2)12-22-10-4-9-19-17(20)8-6-14-5-7-16(21-3)15(18)11-14/h5,7,11,13H,4,6,8-10,12H2,1-3H3,(H,19,20). The van der Waals surface area contributed by atoms with Crippen LogP contribution in [-0.2, 0) is 16.0 Å². The number of amides is 1. The van der Waals surface area contributed by atoms with E-state index in [9.17, 15) is 4.79 Å². The number of hydrogen-bond donors (Lipinski definition) is 1. The van der Waals surface area contributed by atoms with E-state index in [4.69, 9.17) is 9.47 Å². The van der Waals surface area contributed by atoms with Gasteiger partial charge in [-0.2, -0.15) is 0 Å². The third-order valence-electron chi connectivity index (χ3n) is 3.10. The van der Waals surface area contributed by atoms with Crippen LogP contribution in [0.25, 0.3) is 0 Å². The van der Waals surface area contributed by atoms with Crippen molar-refractivity contribution in [2.75, 3.05) is 26.9 Å². The van der Waals surface area contributed by atoms with E-state index in [0.29, 0.717) is 25.5 Å². The number of methoxy groups -OCH3 is 1. The summed E-state index contributed by atoms with van der Waals surface area (Å²) in [5.74, 6) is 1.43. The molecule has 5 heteroatoms. The number of nitrogens with one attached hydrogen (secondary N) is 1. The topological polar surface area (TPSA) is 47.6 Å². The Hall–Kier alpha value is -1.07. The summed E-state index contributed by atoms with van der Waals surface area (Å²) in [6.07, 6.45) is 2.07. The van der Waals surface area contributed by atoms with E-state index in [0.717, 1.165) is 35.2 Å². The van der Waals surface area contributed by atoms with E-state index in [2.05, 4.69) is 35.1 Å². The Morgan fingerprint density at radius 2 is 2.14 bits per heavy atom. The maximum atomic E-state index is 11.8. The monoisotopic (exact) mass is 371 g/mol. The van der Waals surface area contributed by atoms with Gasteiger partial charge in [0.1, 0.15) is 5.75 Å². The van der Waals surface area contributed by atoms with Gasteiger partial charge in [-0.1, -0.05) is 19.9 Å². The Labute approximate surface area is 141 Å². The minimum Gasteiger partial charge on any atom is -0.496 e. The highest BCUT2D eigenvalue weighted by atomic mass is 79.9. The maximum absolute atomic E-state index is 11.8. The van der Waals surface area contributed by atoms with E-state index in [-0.39, 0.29) is 5.91 Å². The summed E-state index contributed by atoms with van der Waals surface area (Å²) in [4.78, 5) is 11.8. The van der Waals surface area contributed by atoms with Crippen molar-refractivity contribution in [2.24, 2.45) is 5.92 Å². The van der Waals surface area contributed by atoms with Crippen LogP contribution >= 0.6 is 15.9 Å². The Kier molecular flexibility index (Phi) is 9.16. The lowest BCUT2D eigenvalue weighted by atomic mass is 10.1. The van der Waals surface area contributed by atoms with Crippen molar-refractivity contribution in [3.05, 3.63) is 28.2 Å². The van der Waals surface area contributed by atoms with Gasteiger partial charge in [-0.3, -0.25) is 4.79 Å². The molecule has 0 radical (unpaired) electrons. The fourth-order valence-corrected chi connectivity index (χ4v) is 2.52. The number of aryl methyl sites for hydroxylation is 1. The van der Waals surface area contributed by atoms with Crippen molar-refractivity contribution in [1.82, 2.24) is 5.32 Å². The summed E-state index contributed by atoms with van der Waals surface area (Å²) in [5, 5.41) is 2.92. The van der Waals surface area contributed by atoms with Crippen LogP contribution in [-0.4, -0.2) is 32.8 Å². The quantitative estimate of drug-likeness (QED) is 0.639. The van der Waals surface area contributed by atoms with Crippen molar-refractivity contribution < 1.29 is 14.3 Å². The molecule has 1 N–H and O–H groups in total. The first kappa shape index (κ1) is 19.0. The fraction of sp³-hybridized carbons (Fsp3) is 0.588. The number of benzene rings is 1. The first-order valence-electron chi connectivity index (χ1n) is 7.69. The molecule has 1 aromatic rings. The second-order valence-electron chi connectivity index (χ2n) is 5.64. The van der Waals surface area contributed by atoms with E-state index in [1.165, 1.54) is 0 Å². The average Bonchev–Trinajstić information content (AvgIpc) is 2.48. The molecule has 22 heavy (non-hydrogen) atoms. The van der Waals surface area contributed by atoms with E-state index in [1.807, 2.05) is 18.2 Å². The molecule has 0 unspecified atom stereocenters. The van der Waals surface area contributed by atoms with Crippen LogP contribution in [0.1, 0.15) is 32.3 Å². The van der Waals surface area contributed by atoms with Gasteiger partial charge in [-0.25, -0.2) is 0 Å². The zero-order chi connectivity index (χ0) is 16.4. The SMILES string of the molecule is COc1ccc(CCC(=O)NCCCOCC(C)C)cc1Br. The van der Waals surface area contributed by atoms with Crippen LogP contribution in [0, 0.1) is 5.92 Å². The third-order valence-corrected chi connectivity index (χ3v) is 3.72. The second-order valence-corrected chi connectivity index (χ2v) is 6.50. The first-order chi connectivity index (χ1) is 10.5. The van der Waals surface area contributed by atoms with Crippen LogP contribution in [0.4, 0.5) is 0 Å². The number of rotatable bonds is 10. The van der Waals surface area contributed by atoms with Gasteiger partial charge in [0.25, 0.3) is 0 Å². The summed E-state index contributed by atoms with van der Waals surface area (Å²) < 4.78 is 11.6. The van der Waals surface area contributed by atoms with Crippen LogP contribution in [0.2, 0.25) is 0 Å². The minimum absolute atomic E-state index is 0.0794. The van der Waals surface area contributed by atoms with E-state index < -0.39 is 0 Å². The van der Waals surface area contributed by atoms with E-state index in [1.54, 1.807) is 7.11 Å². The van der Waals surface area contributed by atoms with Gasteiger partial charge in [-0.05, 0) is 52.4 Å². The molecule has 0 aliphatic rings. The Morgan fingerprint density at radius 1 is 1.36 bits per heavy atom. The Balaban J connectivity index is 2.16. The number of ether oxygens (including phenoxy) is 2. The van der Waals surface area contributed by atoms with Gasteiger partial charge >= 0.3 is 0 Å². The number of carbonyl (C=O) groups is 1. The zero-order valence-electron chi connectivity index (χ0n) is 13.7. The van der Waals surface area contributed by atoms with Gasteiger partial charge < -0.3 is 14.8 Å².